The average Bonchev–Trinajstić information content (AvgIpc) is 2.91. The van der Waals surface area contributed by atoms with Crippen LogP contribution in [-0.2, 0) is 0 Å². The number of aryl methyl sites for hydroxylation is 1. The minimum absolute atomic E-state index is 0.289. The molecule has 4 nitrogen and oxygen atoms in total. The lowest BCUT2D eigenvalue weighted by molar-refractivity contribution is 0.620. The van der Waals surface area contributed by atoms with E-state index >= 15 is 0 Å². The van der Waals surface area contributed by atoms with Gasteiger partial charge in [0.1, 0.15) is 5.52 Å². The number of pyridine rings is 1. The molecule has 98 valence electrons. The molecule has 5 heteroatoms. The Bertz CT molecular complexity index is 739. The molecule has 0 amide bonds. The van der Waals surface area contributed by atoms with E-state index in [0.717, 1.165) is 33.1 Å². The number of hydrogen-bond acceptors (Lipinski definition) is 4. The number of imidazole rings is 1. The highest BCUT2D eigenvalue weighted by Gasteiger charge is 2.19. The van der Waals surface area contributed by atoms with Crippen molar-refractivity contribution in [1.82, 2.24) is 14.5 Å². The van der Waals surface area contributed by atoms with E-state index in [-0.39, 0.29) is 6.04 Å². The fourth-order valence-electron chi connectivity index (χ4n) is 2.21. The van der Waals surface area contributed by atoms with E-state index in [9.17, 15) is 0 Å². The van der Waals surface area contributed by atoms with Gasteiger partial charge in [0, 0.05) is 12.2 Å². The summed E-state index contributed by atoms with van der Waals surface area (Å²) < 4.78 is 2.15. The van der Waals surface area contributed by atoms with Crippen LogP contribution in [0.3, 0.4) is 0 Å². The number of thiophene rings is 1. The SMILES string of the molecule is Cc1csc(-c2nc3cccnc3n2C(C)C)c1N. The van der Waals surface area contributed by atoms with Gasteiger partial charge in [-0.25, -0.2) is 9.97 Å². The van der Waals surface area contributed by atoms with Crippen molar-refractivity contribution in [2.75, 3.05) is 5.73 Å². The molecule has 3 aromatic heterocycles. The van der Waals surface area contributed by atoms with Gasteiger partial charge in [-0.2, -0.15) is 0 Å². The Balaban J connectivity index is 2.34. The lowest BCUT2D eigenvalue weighted by atomic mass is 10.2. The molecule has 0 radical (unpaired) electrons. The van der Waals surface area contributed by atoms with Gasteiger partial charge in [0.25, 0.3) is 0 Å². The molecule has 0 fully saturated rings. The van der Waals surface area contributed by atoms with Gasteiger partial charge < -0.3 is 10.3 Å². The first-order valence-corrected chi connectivity index (χ1v) is 7.14. The summed E-state index contributed by atoms with van der Waals surface area (Å²) in [5, 5.41) is 2.07. The summed E-state index contributed by atoms with van der Waals surface area (Å²) in [6, 6.07) is 4.19. The Hall–Kier alpha value is -1.88. The van der Waals surface area contributed by atoms with Gasteiger partial charge in [-0.15, -0.1) is 11.3 Å². The third-order valence-electron chi connectivity index (χ3n) is 3.19. The van der Waals surface area contributed by atoms with Crippen molar-refractivity contribution < 1.29 is 0 Å². The third kappa shape index (κ3) is 1.81. The van der Waals surface area contributed by atoms with E-state index in [2.05, 4.69) is 28.8 Å². The molecule has 0 bridgehead atoms. The molecule has 3 heterocycles. The molecule has 0 spiro atoms. The number of nitrogens with zero attached hydrogens (tertiary/aromatic N) is 3. The van der Waals surface area contributed by atoms with Gasteiger partial charge in [-0.05, 0) is 43.8 Å². The number of rotatable bonds is 2. The van der Waals surface area contributed by atoms with Crippen LogP contribution in [0.2, 0.25) is 0 Å². The molecule has 2 N–H and O–H groups in total. The van der Waals surface area contributed by atoms with Crippen LogP contribution in [0.15, 0.2) is 23.7 Å². The molecular formula is C14H16N4S. The van der Waals surface area contributed by atoms with Crippen LogP contribution < -0.4 is 5.73 Å². The fraction of sp³-hybridized carbons (Fsp3) is 0.286. The van der Waals surface area contributed by atoms with E-state index in [1.807, 2.05) is 19.1 Å². The second-order valence-electron chi connectivity index (χ2n) is 4.91. The quantitative estimate of drug-likeness (QED) is 0.775. The van der Waals surface area contributed by atoms with Crippen molar-refractivity contribution in [3.63, 3.8) is 0 Å². The number of nitrogens with two attached hydrogens (primary N) is 1. The van der Waals surface area contributed by atoms with Gasteiger partial charge >= 0.3 is 0 Å². The highest BCUT2D eigenvalue weighted by Crippen LogP contribution is 2.36. The van der Waals surface area contributed by atoms with E-state index < -0.39 is 0 Å². The van der Waals surface area contributed by atoms with Crippen LogP contribution in [0.4, 0.5) is 5.69 Å². The Kier molecular flexibility index (Phi) is 2.78. The van der Waals surface area contributed by atoms with Crippen LogP contribution in [0, 0.1) is 6.92 Å². The van der Waals surface area contributed by atoms with Crippen LogP contribution >= 0.6 is 11.3 Å². The fourth-order valence-corrected chi connectivity index (χ4v) is 3.16. The van der Waals surface area contributed by atoms with E-state index in [0.29, 0.717) is 0 Å². The highest BCUT2D eigenvalue weighted by molar-refractivity contribution is 7.14. The summed E-state index contributed by atoms with van der Waals surface area (Å²) in [7, 11) is 0. The van der Waals surface area contributed by atoms with Gasteiger partial charge in [0.2, 0.25) is 0 Å². The molecule has 3 rings (SSSR count). The normalized spacial score (nSPS) is 11.6. The summed E-state index contributed by atoms with van der Waals surface area (Å²) in [6.45, 7) is 6.29. The molecule has 3 aromatic rings. The number of hydrogen-bond donors (Lipinski definition) is 1. The summed E-state index contributed by atoms with van der Waals surface area (Å²) in [4.78, 5) is 10.2. The maximum atomic E-state index is 6.16. The first-order valence-electron chi connectivity index (χ1n) is 6.26. The summed E-state index contributed by atoms with van der Waals surface area (Å²) in [6.07, 6.45) is 1.80. The second kappa shape index (κ2) is 4.35. The summed E-state index contributed by atoms with van der Waals surface area (Å²) in [5.74, 6) is 0.916. The number of anilines is 1. The topological polar surface area (TPSA) is 56.7 Å². The Morgan fingerprint density at radius 2 is 2.16 bits per heavy atom. The van der Waals surface area contributed by atoms with E-state index in [1.165, 1.54) is 0 Å². The van der Waals surface area contributed by atoms with Crippen molar-refractivity contribution in [2.45, 2.75) is 26.8 Å². The molecule has 0 saturated carbocycles. The highest BCUT2D eigenvalue weighted by atomic mass is 32.1. The lowest BCUT2D eigenvalue weighted by Crippen LogP contribution is -2.04. The first kappa shape index (κ1) is 12.2. The number of aromatic nitrogens is 3. The Morgan fingerprint density at radius 1 is 1.37 bits per heavy atom. The Morgan fingerprint density at radius 3 is 2.79 bits per heavy atom. The average molecular weight is 272 g/mol. The van der Waals surface area contributed by atoms with Crippen LogP contribution in [0.1, 0.15) is 25.5 Å². The zero-order valence-electron chi connectivity index (χ0n) is 11.2. The predicted octanol–water partition coefficient (Wildman–Crippen LogP) is 3.63. The van der Waals surface area contributed by atoms with E-state index in [4.69, 9.17) is 10.7 Å². The van der Waals surface area contributed by atoms with Crippen molar-refractivity contribution >= 4 is 28.2 Å². The molecule has 0 saturated heterocycles. The van der Waals surface area contributed by atoms with Crippen molar-refractivity contribution in [3.05, 3.63) is 29.3 Å². The predicted molar refractivity (Wildman–Crippen MR) is 80.4 cm³/mol. The first-order chi connectivity index (χ1) is 9.09. The molecule has 0 unspecified atom stereocenters. The molecule has 0 aliphatic carbocycles. The summed E-state index contributed by atoms with van der Waals surface area (Å²) in [5.41, 5.74) is 9.92. The van der Waals surface area contributed by atoms with Crippen molar-refractivity contribution in [1.29, 1.82) is 0 Å². The maximum Gasteiger partial charge on any atom is 0.160 e. The lowest BCUT2D eigenvalue weighted by Gasteiger charge is -2.11. The molecule has 0 atom stereocenters. The summed E-state index contributed by atoms with van der Waals surface area (Å²) >= 11 is 1.64. The largest absolute Gasteiger partial charge is 0.397 e. The smallest absolute Gasteiger partial charge is 0.160 e. The molecule has 0 aromatic carbocycles. The minimum Gasteiger partial charge on any atom is -0.397 e. The number of fused-ring (bicyclic) bond motifs is 1. The van der Waals surface area contributed by atoms with Crippen LogP contribution in [0.25, 0.3) is 21.9 Å². The van der Waals surface area contributed by atoms with Gasteiger partial charge in [-0.1, -0.05) is 0 Å². The standard InChI is InChI=1S/C14H16N4S/c1-8(2)18-13-10(5-4-6-16-13)17-14(18)12-11(15)9(3)7-19-12/h4-8H,15H2,1-3H3. The third-order valence-corrected chi connectivity index (χ3v) is 4.30. The maximum absolute atomic E-state index is 6.16. The van der Waals surface area contributed by atoms with Crippen molar-refractivity contribution in [2.24, 2.45) is 0 Å². The van der Waals surface area contributed by atoms with Gasteiger partial charge in [0.15, 0.2) is 11.5 Å². The number of nitrogen functional groups attached to an aromatic ring is 1. The molecule has 19 heavy (non-hydrogen) atoms. The molecule has 0 aliphatic heterocycles. The zero-order valence-corrected chi connectivity index (χ0v) is 12.0. The van der Waals surface area contributed by atoms with Gasteiger partial charge in [0.05, 0.1) is 10.6 Å². The molecule has 0 aliphatic rings. The van der Waals surface area contributed by atoms with Crippen LogP contribution in [-0.4, -0.2) is 14.5 Å². The minimum atomic E-state index is 0.289. The van der Waals surface area contributed by atoms with Gasteiger partial charge in [-0.3, -0.25) is 0 Å². The van der Waals surface area contributed by atoms with Crippen molar-refractivity contribution in [3.8, 4) is 10.7 Å². The Labute approximate surface area is 115 Å². The van der Waals surface area contributed by atoms with Crippen LogP contribution in [0.5, 0.6) is 0 Å². The zero-order chi connectivity index (χ0) is 13.6. The van der Waals surface area contributed by atoms with E-state index in [1.54, 1.807) is 17.5 Å². The molecular weight excluding hydrogens is 256 g/mol. The second-order valence-corrected chi connectivity index (χ2v) is 5.79. The monoisotopic (exact) mass is 272 g/mol.